The fourth-order valence-corrected chi connectivity index (χ4v) is 0.177. The third-order valence-electron chi connectivity index (χ3n) is 0.500. The Morgan fingerprint density at radius 1 is 1.00 bits per heavy atom. The predicted octanol–water partition coefficient (Wildman–Crippen LogP) is 1.82. The van der Waals surface area contributed by atoms with Crippen LogP contribution in [-0.2, 0) is 21.1 Å². The Balaban J connectivity index is 0. The first kappa shape index (κ1) is 9.85. The van der Waals surface area contributed by atoms with Gasteiger partial charge in [-0.05, 0) is 0 Å². The van der Waals surface area contributed by atoms with Crippen LogP contribution in [0.5, 0.6) is 0 Å². The molecule has 0 aromatic carbocycles. The van der Waals surface area contributed by atoms with Gasteiger partial charge in [0.15, 0.2) is 0 Å². The zero-order valence-electron chi connectivity index (χ0n) is 3.85. The quantitative estimate of drug-likeness (QED) is 0.668. The molecule has 0 nitrogen and oxygen atoms in total. The Morgan fingerprint density at radius 2 is 1.33 bits per heavy atom. The maximum atomic E-state index is 3.64. The molecule has 0 atom stereocenters. The summed E-state index contributed by atoms with van der Waals surface area (Å²) in [5.41, 5.74) is 0. The Morgan fingerprint density at radius 3 is 1.33 bits per heavy atom. The van der Waals surface area contributed by atoms with Gasteiger partial charge in [0.1, 0.15) is 0 Å². The van der Waals surface area contributed by atoms with Crippen LogP contribution in [0.2, 0.25) is 0 Å². The minimum Gasteiger partial charge on any atom is -0.343 e. The van der Waals surface area contributed by atoms with Crippen LogP contribution in [0.15, 0.2) is 0 Å². The summed E-state index contributed by atoms with van der Waals surface area (Å²) in [4.78, 5) is 0. The van der Waals surface area contributed by atoms with E-state index in [9.17, 15) is 0 Å². The van der Waals surface area contributed by atoms with Gasteiger partial charge in [-0.15, -0.1) is 6.42 Å². The first-order valence-electron chi connectivity index (χ1n) is 2.00. The van der Waals surface area contributed by atoms with Gasteiger partial charge in [0.25, 0.3) is 0 Å². The minimum atomic E-state index is 0. The number of hydrogen-bond acceptors (Lipinski definition) is 0. The van der Waals surface area contributed by atoms with Gasteiger partial charge in [-0.1, -0.05) is 0 Å². The monoisotopic (exact) mass is 265 g/mol. The van der Waals surface area contributed by atoms with Crippen LogP contribution in [0, 0.1) is 13.8 Å². The van der Waals surface area contributed by atoms with Crippen LogP contribution in [-0.4, -0.2) is 0 Å². The van der Waals surface area contributed by atoms with E-state index < -0.39 is 0 Å². The molecule has 0 unspecified atom stereocenters. The summed E-state index contributed by atoms with van der Waals surface area (Å²) < 4.78 is 0. The number of unbranched alkanes of at least 4 members (excludes halogenated alkanes) is 2. The van der Waals surface area contributed by atoms with E-state index in [2.05, 4.69) is 13.8 Å². The molecule has 0 amide bonds. The van der Waals surface area contributed by atoms with Gasteiger partial charge in [0, 0.05) is 0 Å². The average Bonchev–Trinajstić information content (AvgIpc) is 1.41. The molecule has 0 saturated heterocycles. The van der Waals surface area contributed by atoms with E-state index in [1.807, 2.05) is 0 Å². The molecule has 0 aliphatic carbocycles. The van der Waals surface area contributed by atoms with Gasteiger partial charge < -0.3 is 13.8 Å². The van der Waals surface area contributed by atoms with Gasteiger partial charge in [0.05, 0.1) is 0 Å². The van der Waals surface area contributed by atoms with Crippen molar-refractivity contribution in [2.45, 2.75) is 19.3 Å². The van der Waals surface area contributed by atoms with Crippen molar-refractivity contribution < 1.29 is 21.1 Å². The van der Waals surface area contributed by atoms with Crippen LogP contribution in [0.3, 0.4) is 0 Å². The van der Waals surface area contributed by atoms with Crippen molar-refractivity contribution in [2.24, 2.45) is 0 Å². The van der Waals surface area contributed by atoms with E-state index in [4.69, 9.17) is 0 Å². The molecular formula is C5H10Pt. The number of rotatable bonds is 2. The Kier molecular flexibility index (Phi) is 15.1. The SMILES string of the molecule is [CH2-]CCC[CH2-].[Pt+2]. The van der Waals surface area contributed by atoms with Crippen molar-refractivity contribution in [3.05, 3.63) is 13.8 Å². The van der Waals surface area contributed by atoms with Crippen LogP contribution in [0.25, 0.3) is 0 Å². The second-order valence-corrected chi connectivity index (χ2v) is 1.06. The first-order valence-corrected chi connectivity index (χ1v) is 2.00. The summed E-state index contributed by atoms with van der Waals surface area (Å²) in [7, 11) is 0. The second-order valence-electron chi connectivity index (χ2n) is 1.06. The molecule has 0 radical (unpaired) electrons. The van der Waals surface area contributed by atoms with Crippen molar-refractivity contribution in [3.8, 4) is 0 Å². The Bertz CT molecular complexity index is 11.4. The largest absolute Gasteiger partial charge is 2.00 e. The summed E-state index contributed by atoms with van der Waals surface area (Å²) in [6, 6.07) is 0. The van der Waals surface area contributed by atoms with Crippen LogP contribution in [0.1, 0.15) is 19.3 Å². The molecule has 0 rings (SSSR count). The minimum absolute atomic E-state index is 0. The molecule has 0 aliphatic heterocycles. The van der Waals surface area contributed by atoms with Crippen LogP contribution < -0.4 is 0 Å². The standard InChI is InChI=1S/C5H10.Pt/c1-3-5-4-2;/h1-5H2;/q-2;+2. The van der Waals surface area contributed by atoms with Gasteiger partial charge in [0.2, 0.25) is 0 Å². The van der Waals surface area contributed by atoms with Crippen LogP contribution in [0.4, 0.5) is 0 Å². The molecule has 0 aromatic heterocycles. The van der Waals surface area contributed by atoms with Crippen molar-refractivity contribution in [3.63, 3.8) is 0 Å². The number of hydrogen-bond donors (Lipinski definition) is 0. The molecular weight excluding hydrogens is 255 g/mol. The predicted molar refractivity (Wildman–Crippen MR) is 24.6 cm³/mol. The molecule has 0 saturated carbocycles. The van der Waals surface area contributed by atoms with Crippen LogP contribution >= 0.6 is 0 Å². The Labute approximate surface area is 54.6 Å². The van der Waals surface area contributed by atoms with Gasteiger partial charge in [-0.3, -0.25) is 0 Å². The third-order valence-corrected chi connectivity index (χ3v) is 0.500. The zero-order chi connectivity index (χ0) is 4.12. The molecule has 1 heteroatoms. The summed E-state index contributed by atoms with van der Waals surface area (Å²) in [6.07, 6.45) is 3.23. The van der Waals surface area contributed by atoms with Gasteiger partial charge >= 0.3 is 21.1 Å². The molecule has 0 bridgehead atoms. The van der Waals surface area contributed by atoms with E-state index in [0.717, 1.165) is 12.8 Å². The smallest absolute Gasteiger partial charge is 0.343 e. The van der Waals surface area contributed by atoms with Gasteiger partial charge in [-0.2, -0.15) is 12.8 Å². The van der Waals surface area contributed by atoms with Gasteiger partial charge in [-0.25, -0.2) is 0 Å². The molecule has 0 heterocycles. The summed E-state index contributed by atoms with van der Waals surface area (Å²) in [5, 5.41) is 0. The van der Waals surface area contributed by atoms with E-state index in [0.29, 0.717) is 0 Å². The molecule has 0 aromatic rings. The summed E-state index contributed by atoms with van der Waals surface area (Å²) >= 11 is 0. The second kappa shape index (κ2) is 9.19. The van der Waals surface area contributed by atoms with Crippen molar-refractivity contribution in [1.82, 2.24) is 0 Å². The maximum absolute atomic E-state index is 3.64. The topological polar surface area (TPSA) is 0 Å². The van der Waals surface area contributed by atoms with E-state index in [-0.39, 0.29) is 21.1 Å². The fraction of sp³-hybridized carbons (Fsp3) is 0.600. The van der Waals surface area contributed by atoms with E-state index in [1.165, 1.54) is 6.42 Å². The van der Waals surface area contributed by atoms with E-state index >= 15 is 0 Å². The van der Waals surface area contributed by atoms with Crippen molar-refractivity contribution >= 4 is 0 Å². The Hall–Kier alpha value is 0.688. The molecule has 0 aliphatic rings. The molecule has 0 N–H and O–H groups in total. The molecule has 6 heavy (non-hydrogen) atoms. The molecule has 40 valence electrons. The first-order chi connectivity index (χ1) is 2.41. The van der Waals surface area contributed by atoms with Crippen molar-refractivity contribution in [2.75, 3.05) is 0 Å². The van der Waals surface area contributed by atoms with Crippen molar-refractivity contribution in [1.29, 1.82) is 0 Å². The molecule has 0 spiro atoms. The average molecular weight is 265 g/mol. The fourth-order valence-electron chi connectivity index (χ4n) is 0.177. The van der Waals surface area contributed by atoms with E-state index in [1.54, 1.807) is 0 Å². The third kappa shape index (κ3) is 8.82. The maximum Gasteiger partial charge on any atom is 2.00 e. The normalized spacial score (nSPS) is 7.00. The molecule has 0 fully saturated rings. The summed E-state index contributed by atoms with van der Waals surface area (Å²) in [6.45, 7) is 7.27. The zero-order valence-corrected chi connectivity index (χ0v) is 6.12. The summed E-state index contributed by atoms with van der Waals surface area (Å²) in [5.74, 6) is 0.